The lowest BCUT2D eigenvalue weighted by molar-refractivity contribution is 0.0182. The lowest BCUT2D eigenvalue weighted by Crippen LogP contribution is -2.46. The fraction of sp³-hybridized carbons (Fsp3) is 0.455. The Kier molecular flexibility index (Phi) is 5.18. The van der Waals surface area contributed by atoms with Crippen molar-refractivity contribution in [1.82, 2.24) is 24.6 Å². The summed E-state index contributed by atoms with van der Waals surface area (Å²) in [7, 11) is 1.85. The fourth-order valence-corrected chi connectivity index (χ4v) is 4.11. The first-order valence-electron chi connectivity index (χ1n) is 10.2. The van der Waals surface area contributed by atoms with Gasteiger partial charge in [-0.2, -0.15) is 10.4 Å². The van der Waals surface area contributed by atoms with Crippen molar-refractivity contribution in [3.63, 3.8) is 0 Å². The summed E-state index contributed by atoms with van der Waals surface area (Å²) in [6.45, 7) is 6.38. The van der Waals surface area contributed by atoms with Gasteiger partial charge in [-0.25, -0.2) is 9.78 Å². The molecule has 0 saturated carbocycles. The maximum atomic E-state index is 12.4. The Bertz CT molecular complexity index is 1180. The molecule has 0 radical (unpaired) electrons. The number of halogens is 1. The minimum Gasteiger partial charge on any atom is -0.444 e. The molecule has 162 valence electrons. The minimum atomic E-state index is -0.809. The number of nitriles is 1. The van der Waals surface area contributed by atoms with E-state index >= 15 is 0 Å². The average Bonchev–Trinajstić information content (AvgIpc) is 3.32. The summed E-state index contributed by atoms with van der Waals surface area (Å²) in [6.07, 6.45) is 4.25. The van der Waals surface area contributed by atoms with Crippen molar-refractivity contribution in [2.75, 3.05) is 13.1 Å². The Morgan fingerprint density at radius 2 is 2.03 bits per heavy atom. The smallest absolute Gasteiger partial charge is 0.410 e. The van der Waals surface area contributed by atoms with Crippen LogP contribution in [0.2, 0.25) is 5.02 Å². The van der Waals surface area contributed by atoms with Crippen LogP contribution in [0.5, 0.6) is 0 Å². The topological polar surface area (TPSA) is 99.8 Å². The van der Waals surface area contributed by atoms with Gasteiger partial charge >= 0.3 is 6.09 Å². The van der Waals surface area contributed by atoms with Gasteiger partial charge in [-0.15, -0.1) is 0 Å². The number of amides is 1. The Hall–Kier alpha value is -3.05. The molecule has 1 aliphatic heterocycles. The molecule has 2 aromatic heterocycles. The molecule has 3 heterocycles. The molecule has 3 aromatic rings. The highest BCUT2D eigenvalue weighted by atomic mass is 35.5. The summed E-state index contributed by atoms with van der Waals surface area (Å²) >= 11 is 6.35. The van der Waals surface area contributed by atoms with E-state index in [0.29, 0.717) is 36.8 Å². The number of carbonyl (C=O) groups is 1. The van der Waals surface area contributed by atoms with Crippen LogP contribution in [0.25, 0.3) is 22.2 Å². The predicted octanol–water partition coefficient (Wildman–Crippen LogP) is 4.41. The van der Waals surface area contributed by atoms with Crippen molar-refractivity contribution < 1.29 is 9.53 Å². The van der Waals surface area contributed by atoms with E-state index in [2.05, 4.69) is 16.2 Å². The van der Waals surface area contributed by atoms with E-state index in [1.54, 1.807) is 15.8 Å². The Morgan fingerprint density at radius 1 is 1.32 bits per heavy atom. The Morgan fingerprint density at radius 3 is 2.61 bits per heavy atom. The lowest BCUT2D eigenvalue weighted by Gasteiger charge is -2.36. The second-order valence-corrected chi connectivity index (χ2v) is 9.44. The number of hydrogen-bond acceptors (Lipinski definition) is 5. The maximum absolute atomic E-state index is 12.4. The van der Waals surface area contributed by atoms with E-state index < -0.39 is 11.0 Å². The van der Waals surface area contributed by atoms with E-state index in [1.807, 2.05) is 46.1 Å². The summed E-state index contributed by atoms with van der Waals surface area (Å²) in [6, 6.07) is 6.13. The second kappa shape index (κ2) is 7.57. The zero-order valence-corrected chi connectivity index (χ0v) is 18.8. The molecule has 1 amide bonds. The third-order valence-corrected chi connectivity index (χ3v) is 5.72. The van der Waals surface area contributed by atoms with Crippen molar-refractivity contribution in [3.8, 4) is 17.2 Å². The van der Waals surface area contributed by atoms with E-state index in [4.69, 9.17) is 21.3 Å². The number of piperidine rings is 1. The van der Waals surface area contributed by atoms with Gasteiger partial charge in [0, 0.05) is 42.5 Å². The SMILES string of the molecule is Cn1cc(-c2cc(Cl)cc3[nH]c(C4(C#N)CCN(C(=O)OC(C)(C)C)CC4)nc23)cn1. The minimum absolute atomic E-state index is 0.353. The molecule has 8 nitrogen and oxygen atoms in total. The average molecular weight is 441 g/mol. The first-order chi connectivity index (χ1) is 14.6. The highest BCUT2D eigenvalue weighted by molar-refractivity contribution is 6.31. The third kappa shape index (κ3) is 4.10. The summed E-state index contributed by atoms with van der Waals surface area (Å²) < 4.78 is 7.19. The van der Waals surface area contributed by atoms with Crippen LogP contribution in [0.1, 0.15) is 39.4 Å². The summed E-state index contributed by atoms with van der Waals surface area (Å²) in [5.41, 5.74) is 1.91. The number of rotatable bonds is 2. The van der Waals surface area contributed by atoms with Crippen LogP contribution < -0.4 is 0 Å². The summed E-state index contributed by atoms with van der Waals surface area (Å²) in [5.74, 6) is 0.598. The van der Waals surface area contributed by atoms with E-state index in [9.17, 15) is 10.1 Å². The Balaban J connectivity index is 1.65. The highest BCUT2D eigenvalue weighted by Gasteiger charge is 2.41. The molecule has 0 bridgehead atoms. The molecular formula is C22H25ClN6O2. The molecule has 9 heteroatoms. The molecule has 0 spiro atoms. The fourth-order valence-electron chi connectivity index (χ4n) is 3.89. The maximum Gasteiger partial charge on any atom is 0.410 e. The van der Waals surface area contributed by atoms with Crippen LogP contribution in [0, 0.1) is 11.3 Å². The van der Waals surface area contributed by atoms with E-state index in [-0.39, 0.29) is 6.09 Å². The van der Waals surface area contributed by atoms with Crippen LogP contribution in [0.15, 0.2) is 24.5 Å². The predicted molar refractivity (Wildman–Crippen MR) is 118 cm³/mol. The molecule has 0 aliphatic carbocycles. The number of imidazole rings is 1. The van der Waals surface area contributed by atoms with Crippen LogP contribution in [-0.4, -0.2) is 49.4 Å². The first kappa shape index (κ1) is 21.2. The van der Waals surface area contributed by atoms with E-state index in [1.165, 1.54) is 0 Å². The second-order valence-electron chi connectivity index (χ2n) is 9.00. The Labute approximate surface area is 185 Å². The molecule has 0 atom stereocenters. The van der Waals surface area contributed by atoms with Gasteiger partial charge in [0.15, 0.2) is 0 Å². The van der Waals surface area contributed by atoms with Gasteiger partial charge in [0.2, 0.25) is 0 Å². The number of nitrogens with one attached hydrogen (secondary N) is 1. The van der Waals surface area contributed by atoms with Gasteiger partial charge in [0.1, 0.15) is 16.8 Å². The van der Waals surface area contributed by atoms with Crippen LogP contribution in [0.3, 0.4) is 0 Å². The van der Waals surface area contributed by atoms with Gasteiger partial charge in [0.25, 0.3) is 0 Å². The van der Waals surface area contributed by atoms with Crippen molar-refractivity contribution in [1.29, 1.82) is 5.26 Å². The summed E-state index contributed by atoms with van der Waals surface area (Å²) in [5, 5.41) is 14.9. The molecule has 4 rings (SSSR count). The number of benzene rings is 1. The number of likely N-dealkylation sites (tertiary alicyclic amines) is 1. The number of nitrogens with zero attached hydrogens (tertiary/aromatic N) is 5. The van der Waals surface area contributed by atoms with Crippen molar-refractivity contribution in [3.05, 3.63) is 35.4 Å². The summed E-state index contributed by atoms with van der Waals surface area (Å²) in [4.78, 5) is 22.2. The number of hydrogen-bond donors (Lipinski definition) is 1. The monoisotopic (exact) mass is 440 g/mol. The number of carbonyl (C=O) groups excluding carboxylic acids is 1. The van der Waals surface area contributed by atoms with Crippen LogP contribution >= 0.6 is 11.6 Å². The first-order valence-corrected chi connectivity index (χ1v) is 10.6. The molecule has 0 unspecified atom stereocenters. The number of aryl methyl sites for hydroxylation is 1. The zero-order chi connectivity index (χ0) is 22.4. The molecular weight excluding hydrogens is 416 g/mol. The number of aromatic nitrogens is 4. The molecule has 1 aliphatic rings. The van der Waals surface area contributed by atoms with Gasteiger partial charge < -0.3 is 14.6 Å². The molecule has 1 N–H and O–H groups in total. The number of ether oxygens (including phenoxy) is 1. The van der Waals surface area contributed by atoms with Gasteiger partial charge in [-0.05, 0) is 45.7 Å². The van der Waals surface area contributed by atoms with Crippen molar-refractivity contribution >= 4 is 28.7 Å². The number of aromatic amines is 1. The molecule has 31 heavy (non-hydrogen) atoms. The normalized spacial score (nSPS) is 16.3. The van der Waals surface area contributed by atoms with Crippen LogP contribution in [0.4, 0.5) is 4.79 Å². The van der Waals surface area contributed by atoms with Crippen molar-refractivity contribution in [2.24, 2.45) is 7.05 Å². The largest absolute Gasteiger partial charge is 0.444 e. The highest BCUT2D eigenvalue weighted by Crippen LogP contribution is 2.37. The van der Waals surface area contributed by atoms with Crippen molar-refractivity contribution in [2.45, 2.75) is 44.6 Å². The third-order valence-electron chi connectivity index (χ3n) is 5.50. The van der Waals surface area contributed by atoms with Gasteiger partial charge in [-0.1, -0.05) is 11.6 Å². The molecule has 1 aromatic carbocycles. The standard InChI is InChI=1S/C22H25ClN6O2/c1-21(2,3)31-20(30)29-7-5-22(13-24,6-8-29)19-26-17-10-15(23)9-16(18(17)27-19)14-11-25-28(4)12-14/h9-12H,5-8H2,1-4H3,(H,26,27). The number of fused-ring (bicyclic) bond motifs is 1. The zero-order valence-electron chi connectivity index (χ0n) is 18.1. The molecule has 1 saturated heterocycles. The van der Waals surface area contributed by atoms with E-state index in [0.717, 1.165) is 22.2 Å². The molecule has 1 fully saturated rings. The quantitative estimate of drug-likeness (QED) is 0.636. The lowest BCUT2D eigenvalue weighted by atomic mass is 9.79. The van der Waals surface area contributed by atoms with Gasteiger partial charge in [-0.3, -0.25) is 4.68 Å². The van der Waals surface area contributed by atoms with Gasteiger partial charge in [0.05, 0.1) is 23.3 Å². The number of H-pyrrole nitrogens is 1. The van der Waals surface area contributed by atoms with Crippen LogP contribution in [-0.2, 0) is 17.2 Å².